The van der Waals surface area contributed by atoms with Crippen LogP contribution in [-0.2, 0) is 15.6 Å². The van der Waals surface area contributed by atoms with E-state index in [1.807, 2.05) is 24.4 Å². The van der Waals surface area contributed by atoms with Gasteiger partial charge in [-0.3, -0.25) is 0 Å². The molecule has 3 rings (SSSR count). The van der Waals surface area contributed by atoms with E-state index in [1.165, 1.54) is 23.5 Å². The summed E-state index contributed by atoms with van der Waals surface area (Å²) in [4.78, 5) is 0.967. The average Bonchev–Trinajstić information content (AvgIpc) is 3.29. The highest BCUT2D eigenvalue weighted by Gasteiger charge is 2.46. The quantitative estimate of drug-likeness (QED) is 0.752. The van der Waals surface area contributed by atoms with Crippen molar-refractivity contribution in [3.05, 3.63) is 46.7 Å². The fourth-order valence-corrected chi connectivity index (χ4v) is 4.66. The molecule has 0 amide bonds. The van der Waals surface area contributed by atoms with Crippen LogP contribution in [0, 0.1) is 5.92 Å². The summed E-state index contributed by atoms with van der Waals surface area (Å²) in [6.45, 7) is 2.38. The van der Waals surface area contributed by atoms with E-state index < -0.39 is 15.6 Å². The maximum Gasteiger partial charge on any atom is 0.240 e. The highest BCUT2D eigenvalue weighted by atomic mass is 32.2. The number of aliphatic hydroxyl groups is 1. The van der Waals surface area contributed by atoms with Crippen molar-refractivity contribution in [2.45, 2.75) is 30.3 Å². The van der Waals surface area contributed by atoms with Gasteiger partial charge >= 0.3 is 0 Å². The highest BCUT2D eigenvalue weighted by molar-refractivity contribution is 7.89. The van der Waals surface area contributed by atoms with Gasteiger partial charge in [0.2, 0.25) is 10.0 Å². The monoisotopic (exact) mass is 367 g/mol. The molecule has 1 unspecified atom stereocenters. The molecule has 2 N–H and O–H groups in total. The van der Waals surface area contributed by atoms with Gasteiger partial charge in [-0.1, -0.05) is 6.07 Å². The van der Waals surface area contributed by atoms with Crippen LogP contribution in [0.4, 0.5) is 0 Å². The third-order valence-corrected chi connectivity index (χ3v) is 6.63. The molecular formula is C17H21NO4S2. The molecule has 2 aromatic rings. The topological polar surface area (TPSA) is 75.6 Å². The van der Waals surface area contributed by atoms with Gasteiger partial charge in [0.25, 0.3) is 0 Å². The number of hydrogen-bond donors (Lipinski definition) is 2. The van der Waals surface area contributed by atoms with Crippen molar-refractivity contribution < 1.29 is 18.3 Å². The summed E-state index contributed by atoms with van der Waals surface area (Å²) >= 11 is 1.45. The lowest BCUT2D eigenvalue weighted by molar-refractivity contribution is 0.0222. The average molecular weight is 367 g/mol. The zero-order valence-corrected chi connectivity index (χ0v) is 15.1. The van der Waals surface area contributed by atoms with E-state index in [-0.39, 0.29) is 17.4 Å². The molecule has 1 atom stereocenters. The molecule has 1 aromatic carbocycles. The van der Waals surface area contributed by atoms with E-state index in [0.717, 1.165) is 17.7 Å². The SMILES string of the molecule is CCOc1ccc(S(=O)(=O)NCC(O)(c2cccs2)C2CC2)cc1. The Morgan fingerprint density at radius 1 is 1.29 bits per heavy atom. The van der Waals surface area contributed by atoms with Gasteiger partial charge in [-0.05, 0) is 61.4 Å². The Bertz CT molecular complexity index is 767. The summed E-state index contributed by atoms with van der Waals surface area (Å²) in [5.74, 6) is 0.740. The smallest absolute Gasteiger partial charge is 0.240 e. The van der Waals surface area contributed by atoms with Gasteiger partial charge in [0.1, 0.15) is 11.4 Å². The van der Waals surface area contributed by atoms with E-state index in [2.05, 4.69) is 4.72 Å². The van der Waals surface area contributed by atoms with Crippen LogP contribution in [0.1, 0.15) is 24.6 Å². The Labute approximate surface area is 146 Å². The van der Waals surface area contributed by atoms with Crippen molar-refractivity contribution in [2.24, 2.45) is 5.92 Å². The summed E-state index contributed by atoms with van der Waals surface area (Å²) in [6, 6.07) is 10.0. The lowest BCUT2D eigenvalue weighted by atomic mass is 9.96. The molecular weight excluding hydrogens is 346 g/mol. The van der Waals surface area contributed by atoms with Crippen molar-refractivity contribution in [2.75, 3.05) is 13.2 Å². The largest absolute Gasteiger partial charge is 0.494 e. The van der Waals surface area contributed by atoms with Gasteiger partial charge in [-0.2, -0.15) is 0 Å². The van der Waals surface area contributed by atoms with Crippen molar-refractivity contribution in [3.8, 4) is 5.75 Å². The van der Waals surface area contributed by atoms with Gasteiger partial charge in [0, 0.05) is 11.4 Å². The number of rotatable bonds is 8. The minimum absolute atomic E-state index is 0.0201. The van der Waals surface area contributed by atoms with E-state index in [1.54, 1.807) is 12.1 Å². The Morgan fingerprint density at radius 2 is 2.00 bits per heavy atom. The Balaban J connectivity index is 1.74. The second-order valence-corrected chi connectivity index (χ2v) is 8.62. The lowest BCUT2D eigenvalue weighted by Gasteiger charge is -2.27. The van der Waals surface area contributed by atoms with E-state index in [4.69, 9.17) is 4.74 Å². The van der Waals surface area contributed by atoms with Gasteiger partial charge < -0.3 is 9.84 Å². The number of sulfonamides is 1. The minimum atomic E-state index is -3.68. The molecule has 1 heterocycles. The van der Waals surface area contributed by atoms with Crippen LogP contribution in [0.5, 0.6) is 5.75 Å². The van der Waals surface area contributed by atoms with Crippen molar-refractivity contribution in [3.63, 3.8) is 0 Å². The Hall–Kier alpha value is -1.41. The molecule has 5 nitrogen and oxygen atoms in total. The fourth-order valence-electron chi connectivity index (χ4n) is 2.69. The predicted molar refractivity (Wildman–Crippen MR) is 93.7 cm³/mol. The van der Waals surface area contributed by atoms with Crippen molar-refractivity contribution in [1.82, 2.24) is 4.72 Å². The molecule has 1 aliphatic carbocycles. The third-order valence-electron chi connectivity index (χ3n) is 4.18. The number of benzene rings is 1. The molecule has 0 bridgehead atoms. The van der Waals surface area contributed by atoms with Gasteiger partial charge in [0.15, 0.2) is 0 Å². The van der Waals surface area contributed by atoms with Crippen LogP contribution in [0.25, 0.3) is 0 Å². The summed E-state index contributed by atoms with van der Waals surface area (Å²) in [5.41, 5.74) is -1.13. The molecule has 130 valence electrons. The van der Waals surface area contributed by atoms with Gasteiger partial charge in [-0.15, -0.1) is 11.3 Å². The molecule has 0 radical (unpaired) electrons. The van der Waals surface area contributed by atoms with Crippen LogP contribution in [-0.4, -0.2) is 26.7 Å². The standard InChI is InChI=1S/C17H21NO4S2/c1-2-22-14-7-9-15(10-8-14)24(20,21)18-12-17(19,13-5-6-13)16-4-3-11-23-16/h3-4,7-11,13,18-19H,2,5-6,12H2,1H3. The Morgan fingerprint density at radius 3 is 2.54 bits per heavy atom. The zero-order valence-electron chi connectivity index (χ0n) is 13.4. The van der Waals surface area contributed by atoms with E-state index in [9.17, 15) is 13.5 Å². The Kier molecular flexibility index (Phi) is 4.96. The summed E-state index contributed by atoms with van der Waals surface area (Å²) in [6.07, 6.45) is 1.83. The first kappa shape index (κ1) is 17.4. The lowest BCUT2D eigenvalue weighted by Crippen LogP contribution is -2.41. The summed E-state index contributed by atoms with van der Waals surface area (Å²) in [7, 11) is -3.68. The predicted octanol–water partition coefficient (Wildman–Crippen LogP) is 2.72. The molecule has 0 saturated heterocycles. The molecule has 1 aliphatic rings. The van der Waals surface area contributed by atoms with E-state index in [0.29, 0.717) is 12.4 Å². The normalized spacial score (nSPS) is 17.4. The third kappa shape index (κ3) is 3.64. The highest BCUT2D eigenvalue weighted by Crippen LogP contribution is 2.46. The summed E-state index contributed by atoms with van der Waals surface area (Å²) in [5, 5.41) is 12.9. The number of hydrogen-bond acceptors (Lipinski definition) is 5. The number of ether oxygens (including phenoxy) is 1. The van der Waals surface area contributed by atoms with Crippen molar-refractivity contribution in [1.29, 1.82) is 0 Å². The molecule has 1 aromatic heterocycles. The van der Waals surface area contributed by atoms with Crippen LogP contribution in [0.2, 0.25) is 0 Å². The first-order valence-corrected chi connectivity index (χ1v) is 10.3. The molecule has 0 aliphatic heterocycles. The van der Waals surface area contributed by atoms with Crippen LogP contribution >= 0.6 is 11.3 Å². The second-order valence-electron chi connectivity index (χ2n) is 5.90. The van der Waals surface area contributed by atoms with Gasteiger partial charge in [-0.25, -0.2) is 13.1 Å². The number of thiophene rings is 1. The minimum Gasteiger partial charge on any atom is -0.494 e. The van der Waals surface area contributed by atoms with Crippen LogP contribution in [0.15, 0.2) is 46.7 Å². The molecule has 1 fully saturated rings. The molecule has 0 spiro atoms. The van der Waals surface area contributed by atoms with Crippen LogP contribution in [0.3, 0.4) is 0 Å². The van der Waals surface area contributed by atoms with E-state index >= 15 is 0 Å². The maximum absolute atomic E-state index is 12.5. The molecule has 1 saturated carbocycles. The molecule has 7 heteroatoms. The molecule has 24 heavy (non-hydrogen) atoms. The first-order chi connectivity index (χ1) is 11.5. The second kappa shape index (κ2) is 6.84. The number of nitrogens with one attached hydrogen (secondary N) is 1. The summed E-state index contributed by atoms with van der Waals surface area (Å²) < 4.78 is 32.9. The maximum atomic E-state index is 12.5. The van der Waals surface area contributed by atoms with Crippen molar-refractivity contribution >= 4 is 21.4 Å². The first-order valence-electron chi connectivity index (χ1n) is 7.94. The fraction of sp³-hybridized carbons (Fsp3) is 0.412. The van der Waals surface area contributed by atoms with Gasteiger partial charge in [0.05, 0.1) is 11.5 Å². The zero-order chi connectivity index (χ0) is 17.2. The van der Waals surface area contributed by atoms with Crippen LogP contribution < -0.4 is 9.46 Å².